The summed E-state index contributed by atoms with van der Waals surface area (Å²) in [6.45, 7) is 1.26. The van der Waals surface area contributed by atoms with Crippen molar-refractivity contribution >= 4 is 23.3 Å². The molecule has 7 heteroatoms. The summed E-state index contributed by atoms with van der Waals surface area (Å²) in [4.78, 5) is 25.5. The fraction of sp³-hybridized carbons (Fsp3) is 0.273. The van der Waals surface area contributed by atoms with Gasteiger partial charge in [-0.05, 0) is 24.6 Å². The summed E-state index contributed by atoms with van der Waals surface area (Å²) in [5.41, 5.74) is 0.875. The summed E-state index contributed by atoms with van der Waals surface area (Å²) in [6, 6.07) is 2.38. The first kappa shape index (κ1) is 12.6. The van der Waals surface area contributed by atoms with Gasteiger partial charge in [0.05, 0.1) is 5.02 Å². The molecular formula is C11H8ClFN2O3. The fourth-order valence-corrected chi connectivity index (χ4v) is 1.79. The normalized spacial score (nSPS) is 18.5. The molecule has 0 fully saturated rings. The van der Waals surface area contributed by atoms with Gasteiger partial charge < -0.3 is 4.74 Å². The van der Waals surface area contributed by atoms with Crippen LogP contribution < -0.4 is 0 Å². The van der Waals surface area contributed by atoms with Gasteiger partial charge in [0.15, 0.2) is 0 Å². The maximum absolute atomic E-state index is 13.3. The summed E-state index contributed by atoms with van der Waals surface area (Å²) in [6.07, 6.45) is -0.896. The van der Waals surface area contributed by atoms with Gasteiger partial charge in [0.25, 0.3) is 0 Å². The van der Waals surface area contributed by atoms with E-state index in [4.69, 9.17) is 16.3 Å². The minimum Gasteiger partial charge on any atom is -0.431 e. The summed E-state index contributed by atoms with van der Waals surface area (Å²) < 4.78 is 18.3. The Morgan fingerprint density at radius 3 is 2.83 bits per heavy atom. The van der Waals surface area contributed by atoms with E-state index < -0.39 is 18.0 Å². The second kappa shape index (κ2) is 4.81. The quantitative estimate of drug-likeness (QED) is 0.626. The van der Waals surface area contributed by atoms with E-state index in [2.05, 4.69) is 10.2 Å². The Hall–Kier alpha value is -1.82. The van der Waals surface area contributed by atoms with Gasteiger partial charge in [0, 0.05) is 5.56 Å². The summed E-state index contributed by atoms with van der Waals surface area (Å²) in [7, 11) is 0. The van der Waals surface area contributed by atoms with Gasteiger partial charge >= 0.3 is 5.97 Å². The third kappa shape index (κ3) is 2.24. The molecule has 0 aromatic heterocycles. The predicted octanol–water partition coefficient (Wildman–Crippen LogP) is 2.76. The van der Waals surface area contributed by atoms with Crippen LogP contribution in [0, 0.1) is 10.7 Å². The van der Waals surface area contributed by atoms with Crippen molar-refractivity contribution in [3.05, 3.63) is 39.0 Å². The average Bonchev–Trinajstić information content (AvgIpc) is 2.64. The maximum Gasteiger partial charge on any atom is 0.354 e. The van der Waals surface area contributed by atoms with Gasteiger partial charge in [-0.3, -0.25) is 0 Å². The molecule has 1 aromatic rings. The van der Waals surface area contributed by atoms with Crippen molar-refractivity contribution in [2.45, 2.75) is 19.7 Å². The Balaban J connectivity index is 2.46. The third-order valence-electron chi connectivity index (χ3n) is 2.51. The first-order valence-corrected chi connectivity index (χ1v) is 5.43. The summed E-state index contributed by atoms with van der Waals surface area (Å²) in [5.74, 6) is -1.21. The van der Waals surface area contributed by atoms with E-state index in [1.165, 1.54) is 13.0 Å². The molecule has 1 unspecified atom stereocenters. The van der Waals surface area contributed by atoms with Crippen LogP contribution in [0.3, 0.4) is 0 Å². The molecule has 18 heavy (non-hydrogen) atoms. The van der Waals surface area contributed by atoms with Gasteiger partial charge in [-0.1, -0.05) is 16.8 Å². The van der Waals surface area contributed by atoms with Crippen LogP contribution in [-0.4, -0.2) is 11.7 Å². The number of esters is 1. The van der Waals surface area contributed by atoms with Crippen LogP contribution in [0.25, 0.3) is 0 Å². The van der Waals surface area contributed by atoms with Crippen molar-refractivity contribution in [3.8, 4) is 0 Å². The van der Waals surface area contributed by atoms with Crippen molar-refractivity contribution in [2.75, 3.05) is 0 Å². The van der Waals surface area contributed by atoms with Gasteiger partial charge in [0.2, 0.25) is 6.23 Å². The van der Waals surface area contributed by atoms with Crippen LogP contribution >= 0.6 is 11.6 Å². The molecule has 0 radical (unpaired) electrons. The molecule has 5 nitrogen and oxygen atoms in total. The largest absolute Gasteiger partial charge is 0.431 e. The molecule has 2 rings (SSSR count). The van der Waals surface area contributed by atoms with Gasteiger partial charge in [-0.25, -0.2) is 14.2 Å². The number of hydrogen-bond acceptors (Lipinski definition) is 5. The van der Waals surface area contributed by atoms with Crippen LogP contribution in [0.2, 0.25) is 5.02 Å². The van der Waals surface area contributed by atoms with Gasteiger partial charge in [-0.15, -0.1) is 0 Å². The third-order valence-corrected chi connectivity index (χ3v) is 2.80. The van der Waals surface area contributed by atoms with Crippen LogP contribution in [0.4, 0.5) is 4.39 Å². The molecule has 94 valence electrons. The highest BCUT2D eigenvalue weighted by Gasteiger charge is 2.28. The molecule has 0 aliphatic carbocycles. The number of carbonyl (C=O) groups is 1. The second-order valence-corrected chi connectivity index (χ2v) is 4.13. The Morgan fingerprint density at radius 1 is 1.56 bits per heavy atom. The zero-order valence-electron chi connectivity index (χ0n) is 9.31. The molecule has 0 N–H and O–H groups in total. The van der Waals surface area contributed by atoms with Crippen LogP contribution in [0.15, 0.2) is 22.3 Å². The molecule has 0 spiro atoms. The number of nitrogens with zero attached hydrogens (tertiary/aromatic N) is 2. The number of aliphatic imine (C=N–C) groups is 1. The SMILES string of the molecule is CC1=NC(c2cc(Cl)c(F)cc2CN=O)OC1=O. The molecule has 1 heterocycles. The lowest BCUT2D eigenvalue weighted by atomic mass is 10.1. The highest BCUT2D eigenvalue weighted by Crippen LogP contribution is 2.31. The van der Waals surface area contributed by atoms with E-state index in [-0.39, 0.29) is 17.3 Å². The monoisotopic (exact) mass is 270 g/mol. The second-order valence-electron chi connectivity index (χ2n) is 3.72. The summed E-state index contributed by atoms with van der Waals surface area (Å²) in [5, 5.41) is 2.57. The molecule has 1 aliphatic rings. The molecule has 1 atom stereocenters. The fourth-order valence-electron chi connectivity index (χ4n) is 1.61. The standard InChI is InChI=1S/C11H8ClFN2O3/c1-5-11(16)18-10(15-5)7-3-8(12)9(13)2-6(7)4-14-17/h2-3,10H,4H2,1H3. The first-order chi connectivity index (χ1) is 8.52. The Morgan fingerprint density at radius 2 is 2.28 bits per heavy atom. The molecule has 1 aliphatic heterocycles. The number of hydrogen-bond donors (Lipinski definition) is 0. The predicted molar refractivity (Wildman–Crippen MR) is 62.9 cm³/mol. The van der Waals surface area contributed by atoms with E-state index in [1.54, 1.807) is 0 Å². The van der Waals surface area contributed by atoms with Gasteiger partial charge in [-0.2, -0.15) is 4.91 Å². The van der Waals surface area contributed by atoms with E-state index in [0.717, 1.165) is 6.07 Å². The lowest BCUT2D eigenvalue weighted by molar-refractivity contribution is -0.137. The van der Waals surface area contributed by atoms with E-state index in [0.29, 0.717) is 11.1 Å². The van der Waals surface area contributed by atoms with Crippen molar-refractivity contribution in [2.24, 2.45) is 10.2 Å². The molecule has 0 saturated heterocycles. The number of rotatable bonds is 3. The summed E-state index contributed by atoms with van der Waals surface area (Å²) >= 11 is 5.66. The van der Waals surface area contributed by atoms with E-state index >= 15 is 0 Å². The van der Waals surface area contributed by atoms with Crippen LogP contribution in [0.1, 0.15) is 24.3 Å². The Kier molecular flexibility index (Phi) is 3.38. The highest BCUT2D eigenvalue weighted by molar-refractivity contribution is 6.36. The number of cyclic esters (lactones) is 1. The molecular weight excluding hydrogens is 263 g/mol. The van der Waals surface area contributed by atoms with Crippen molar-refractivity contribution in [1.29, 1.82) is 0 Å². The lowest BCUT2D eigenvalue weighted by Gasteiger charge is -2.12. The number of carbonyl (C=O) groups excluding carboxylic acids is 1. The molecule has 1 aromatic carbocycles. The number of nitroso groups, excluding NO2 is 1. The van der Waals surface area contributed by atoms with Crippen LogP contribution in [0.5, 0.6) is 0 Å². The Labute approximate surface area is 107 Å². The maximum atomic E-state index is 13.3. The van der Waals surface area contributed by atoms with Crippen molar-refractivity contribution in [1.82, 2.24) is 0 Å². The topological polar surface area (TPSA) is 68.1 Å². The minimum atomic E-state index is -0.896. The lowest BCUT2D eigenvalue weighted by Crippen LogP contribution is -2.07. The van der Waals surface area contributed by atoms with Crippen molar-refractivity contribution in [3.63, 3.8) is 0 Å². The number of halogens is 2. The zero-order valence-corrected chi connectivity index (χ0v) is 10.1. The minimum absolute atomic E-state index is 0.129. The van der Waals surface area contributed by atoms with Gasteiger partial charge in [0.1, 0.15) is 18.1 Å². The van der Waals surface area contributed by atoms with Crippen LogP contribution in [-0.2, 0) is 16.1 Å². The van der Waals surface area contributed by atoms with Crippen molar-refractivity contribution < 1.29 is 13.9 Å². The average molecular weight is 271 g/mol. The van der Waals surface area contributed by atoms with E-state index in [1.807, 2.05) is 0 Å². The molecule has 0 bridgehead atoms. The van der Waals surface area contributed by atoms with E-state index in [9.17, 15) is 14.1 Å². The highest BCUT2D eigenvalue weighted by atomic mass is 35.5. The zero-order chi connectivity index (χ0) is 13.3. The number of benzene rings is 1. The smallest absolute Gasteiger partial charge is 0.354 e. The number of ether oxygens (including phenoxy) is 1. The Bertz CT molecular complexity index is 559. The molecule has 0 saturated carbocycles. The molecule has 0 amide bonds. The first-order valence-electron chi connectivity index (χ1n) is 5.05.